The van der Waals surface area contributed by atoms with Crippen LogP contribution in [0.15, 0.2) is 60.7 Å². The van der Waals surface area contributed by atoms with Crippen molar-refractivity contribution >= 4 is 5.91 Å². The summed E-state index contributed by atoms with van der Waals surface area (Å²) in [6.07, 6.45) is 4.16. The lowest BCUT2D eigenvalue weighted by molar-refractivity contribution is -0.143. The van der Waals surface area contributed by atoms with Gasteiger partial charge in [0.2, 0.25) is 5.91 Å². The first-order chi connectivity index (χ1) is 14.3. The van der Waals surface area contributed by atoms with Gasteiger partial charge in [0, 0.05) is 44.9 Å². The summed E-state index contributed by atoms with van der Waals surface area (Å²) in [5, 5.41) is 0. The van der Waals surface area contributed by atoms with Crippen molar-refractivity contribution in [3.63, 3.8) is 0 Å². The third kappa shape index (κ3) is 3.72. The molecule has 1 amide bonds. The monoisotopic (exact) mass is 390 g/mol. The number of nitrogens with zero attached hydrogens (tertiary/aromatic N) is 2. The van der Waals surface area contributed by atoms with Gasteiger partial charge in [0.1, 0.15) is 0 Å². The molecule has 4 heteroatoms. The largest absolute Gasteiger partial charge is 0.381 e. The molecule has 29 heavy (non-hydrogen) atoms. The van der Waals surface area contributed by atoms with Gasteiger partial charge < -0.3 is 9.64 Å². The highest BCUT2D eigenvalue weighted by molar-refractivity contribution is 5.92. The van der Waals surface area contributed by atoms with Gasteiger partial charge in [-0.2, -0.15) is 0 Å². The molecule has 0 aromatic heterocycles. The minimum Gasteiger partial charge on any atom is -0.381 e. The van der Waals surface area contributed by atoms with Crippen molar-refractivity contribution in [3.05, 3.63) is 71.8 Å². The molecule has 4 nitrogen and oxygen atoms in total. The van der Waals surface area contributed by atoms with Crippen LogP contribution in [0.1, 0.15) is 36.8 Å². The Labute approximate surface area is 173 Å². The SMILES string of the molecule is O=C(N1CC(N(Cc2ccccc2)C2CCOCC2)C1)C1(c2ccccc2)CC1. The standard InChI is InChI=1S/C25H30N2O2/c28-24(25(13-14-25)21-9-5-2-6-10-21)26-18-23(19-26)27(22-11-15-29-16-12-22)17-20-7-3-1-4-8-20/h1-10,22-23H,11-19H2. The van der Waals surface area contributed by atoms with Crippen LogP contribution < -0.4 is 0 Å². The second-order valence-electron chi connectivity index (χ2n) is 8.81. The predicted octanol–water partition coefficient (Wildman–Crippen LogP) is 3.61. The Morgan fingerprint density at radius 3 is 2.17 bits per heavy atom. The van der Waals surface area contributed by atoms with Crippen molar-refractivity contribution in [2.75, 3.05) is 26.3 Å². The van der Waals surface area contributed by atoms with Crippen LogP contribution in [0.2, 0.25) is 0 Å². The maximum absolute atomic E-state index is 13.3. The first-order valence-electron chi connectivity index (χ1n) is 11.0. The van der Waals surface area contributed by atoms with Crippen molar-refractivity contribution < 1.29 is 9.53 Å². The minimum atomic E-state index is -0.241. The van der Waals surface area contributed by atoms with Gasteiger partial charge >= 0.3 is 0 Å². The summed E-state index contributed by atoms with van der Waals surface area (Å²) in [5.41, 5.74) is 2.31. The first kappa shape index (κ1) is 18.8. The van der Waals surface area contributed by atoms with Gasteiger partial charge in [-0.15, -0.1) is 0 Å². The summed E-state index contributed by atoms with van der Waals surface area (Å²) in [5.74, 6) is 0.339. The van der Waals surface area contributed by atoms with Crippen molar-refractivity contribution in [2.45, 2.75) is 49.7 Å². The summed E-state index contributed by atoms with van der Waals surface area (Å²) >= 11 is 0. The zero-order valence-corrected chi connectivity index (χ0v) is 17.0. The molecule has 0 spiro atoms. The summed E-state index contributed by atoms with van der Waals surface area (Å²) in [6, 6.07) is 22.1. The second-order valence-corrected chi connectivity index (χ2v) is 8.81. The van der Waals surface area contributed by atoms with Crippen LogP contribution in [0.5, 0.6) is 0 Å². The molecule has 0 radical (unpaired) electrons. The summed E-state index contributed by atoms with van der Waals surface area (Å²) in [4.78, 5) is 18.0. The number of benzene rings is 2. The van der Waals surface area contributed by atoms with Crippen LogP contribution in [0.4, 0.5) is 0 Å². The van der Waals surface area contributed by atoms with Gasteiger partial charge in [-0.05, 0) is 36.8 Å². The topological polar surface area (TPSA) is 32.8 Å². The Hall–Kier alpha value is -2.17. The fraction of sp³-hybridized carbons (Fsp3) is 0.480. The predicted molar refractivity (Wildman–Crippen MR) is 114 cm³/mol. The molecule has 2 aliphatic heterocycles. The molecule has 152 valence electrons. The molecule has 1 aliphatic carbocycles. The normalized spacial score (nSPS) is 21.8. The van der Waals surface area contributed by atoms with E-state index in [1.54, 1.807) is 0 Å². The number of amides is 1. The van der Waals surface area contributed by atoms with Crippen molar-refractivity contribution in [1.29, 1.82) is 0 Å². The smallest absolute Gasteiger partial charge is 0.233 e. The zero-order valence-electron chi connectivity index (χ0n) is 17.0. The molecule has 0 N–H and O–H groups in total. The minimum absolute atomic E-state index is 0.241. The highest BCUT2D eigenvalue weighted by Crippen LogP contribution is 2.50. The number of carbonyl (C=O) groups is 1. The van der Waals surface area contributed by atoms with E-state index in [2.05, 4.69) is 52.3 Å². The molecule has 2 saturated heterocycles. The quantitative estimate of drug-likeness (QED) is 0.755. The molecule has 5 rings (SSSR count). The number of carbonyl (C=O) groups excluding carboxylic acids is 1. The van der Waals surface area contributed by atoms with Gasteiger partial charge in [-0.1, -0.05) is 60.7 Å². The molecule has 3 fully saturated rings. The average molecular weight is 391 g/mol. The van der Waals surface area contributed by atoms with Crippen LogP contribution >= 0.6 is 0 Å². The Morgan fingerprint density at radius 1 is 0.931 bits per heavy atom. The van der Waals surface area contributed by atoms with Gasteiger partial charge in [-0.3, -0.25) is 9.69 Å². The van der Waals surface area contributed by atoms with Gasteiger partial charge in [0.15, 0.2) is 0 Å². The Morgan fingerprint density at radius 2 is 1.55 bits per heavy atom. The first-order valence-corrected chi connectivity index (χ1v) is 11.0. The van der Waals surface area contributed by atoms with E-state index < -0.39 is 0 Å². The number of rotatable bonds is 6. The Bertz CT molecular complexity index is 822. The van der Waals surface area contributed by atoms with E-state index in [0.717, 1.165) is 58.5 Å². The number of hydrogen-bond acceptors (Lipinski definition) is 3. The van der Waals surface area contributed by atoms with Crippen molar-refractivity contribution in [2.24, 2.45) is 0 Å². The van der Waals surface area contributed by atoms with E-state index in [4.69, 9.17) is 4.74 Å². The average Bonchev–Trinajstić information content (AvgIpc) is 3.56. The molecular formula is C25H30N2O2. The Balaban J connectivity index is 1.27. The summed E-state index contributed by atoms with van der Waals surface area (Å²) in [7, 11) is 0. The fourth-order valence-electron chi connectivity index (χ4n) is 5.01. The van der Waals surface area contributed by atoms with Crippen LogP contribution in [-0.4, -0.2) is 54.1 Å². The van der Waals surface area contributed by atoms with Crippen LogP contribution in [0, 0.1) is 0 Å². The number of likely N-dealkylation sites (tertiary alicyclic amines) is 1. The molecule has 2 aromatic rings. The maximum Gasteiger partial charge on any atom is 0.233 e. The van der Waals surface area contributed by atoms with E-state index >= 15 is 0 Å². The molecule has 2 heterocycles. The Kier molecular flexibility index (Phi) is 5.15. The molecular weight excluding hydrogens is 360 g/mol. The molecule has 0 atom stereocenters. The molecule has 0 bridgehead atoms. The summed E-state index contributed by atoms with van der Waals surface area (Å²) in [6.45, 7) is 4.38. The zero-order chi connectivity index (χ0) is 19.7. The van der Waals surface area contributed by atoms with E-state index in [0.29, 0.717) is 18.0 Å². The summed E-state index contributed by atoms with van der Waals surface area (Å²) < 4.78 is 5.60. The van der Waals surface area contributed by atoms with Crippen LogP contribution in [0.3, 0.4) is 0 Å². The van der Waals surface area contributed by atoms with E-state index in [-0.39, 0.29) is 5.41 Å². The lowest BCUT2D eigenvalue weighted by Gasteiger charge is -2.50. The van der Waals surface area contributed by atoms with E-state index in [1.165, 1.54) is 11.1 Å². The highest BCUT2D eigenvalue weighted by Gasteiger charge is 2.55. The van der Waals surface area contributed by atoms with Crippen molar-refractivity contribution in [3.8, 4) is 0 Å². The highest BCUT2D eigenvalue weighted by atomic mass is 16.5. The lowest BCUT2D eigenvalue weighted by atomic mass is 9.91. The number of hydrogen-bond donors (Lipinski definition) is 0. The van der Waals surface area contributed by atoms with Gasteiger partial charge in [0.05, 0.1) is 5.41 Å². The third-order valence-corrected chi connectivity index (χ3v) is 6.97. The van der Waals surface area contributed by atoms with Crippen LogP contribution in [0.25, 0.3) is 0 Å². The second kappa shape index (κ2) is 7.92. The lowest BCUT2D eigenvalue weighted by Crippen LogP contribution is -2.64. The van der Waals surface area contributed by atoms with Crippen molar-refractivity contribution in [1.82, 2.24) is 9.80 Å². The molecule has 0 unspecified atom stereocenters. The molecule has 3 aliphatic rings. The fourth-order valence-corrected chi connectivity index (χ4v) is 5.01. The third-order valence-electron chi connectivity index (χ3n) is 6.97. The van der Waals surface area contributed by atoms with Gasteiger partial charge in [0.25, 0.3) is 0 Å². The maximum atomic E-state index is 13.3. The van der Waals surface area contributed by atoms with E-state index in [1.807, 2.05) is 18.2 Å². The van der Waals surface area contributed by atoms with E-state index in [9.17, 15) is 4.79 Å². The molecule has 1 saturated carbocycles. The number of ether oxygens (including phenoxy) is 1. The molecule has 2 aromatic carbocycles. The van der Waals surface area contributed by atoms with Crippen LogP contribution in [-0.2, 0) is 21.5 Å². The van der Waals surface area contributed by atoms with Gasteiger partial charge in [-0.25, -0.2) is 0 Å².